The van der Waals surface area contributed by atoms with Crippen LogP contribution in [0.3, 0.4) is 0 Å². The van der Waals surface area contributed by atoms with E-state index in [2.05, 4.69) is 10.3 Å². The largest absolute Gasteiger partial charge is 0.395 e. The number of hydrogen-bond acceptors (Lipinski definition) is 5. The summed E-state index contributed by atoms with van der Waals surface area (Å²) < 4.78 is 0. The number of amides is 1. The van der Waals surface area contributed by atoms with Gasteiger partial charge in [0, 0.05) is 17.5 Å². The van der Waals surface area contributed by atoms with Crippen LogP contribution in [0, 0.1) is 0 Å². The number of pyridine rings is 1. The molecule has 0 radical (unpaired) electrons. The molecule has 0 fully saturated rings. The summed E-state index contributed by atoms with van der Waals surface area (Å²) in [6, 6.07) is 3.41. The van der Waals surface area contributed by atoms with Crippen molar-refractivity contribution in [3.05, 3.63) is 23.9 Å². The van der Waals surface area contributed by atoms with E-state index in [-0.39, 0.29) is 17.9 Å². The van der Waals surface area contributed by atoms with Crippen LogP contribution in [0.25, 0.3) is 0 Å². The minimum atomic E-state index is -0.491. The number of aromatic nitrogens is 1. The molecule has 1 rings (SSSR count). The van der Waals surface area contributed by atoms with Crippen molar-refractivity contribution in [1.82, 2.24) is 4.98 Å². The first kappa shape index (κ1) is 13.8. The van der Waals surface area contributed by atoms with Crippen molar-refractivity contribution < 1.29 is 9.90 Å². The second-order valence-corrected chi connectivity index (χ2v) is 4.76. The van der Waals surface area contributed by atoms with Gasteiger partial charge in [-0.3, -0.25) is 4.79 Å². The number of anilines is 1. The molecule has 0 aliphatic heterocycles. The number of primary amides is 1. The third-order valence-corrected chi connectivity index (χ3v) is 3.63. The van der Waals surface area contributed by atoms with Crippen LogP contribution in [0.5, 0.6) is 0 Å². The van der Waals surface area contributed by atoms with Crippen LogP contribution in [0.15, 0.2) is 18.3 Å². The Labute approximate surface area is 105 Å². The number of aliphatic hydroxyl groups is 1. The highest BCUT2D eigenvalue weighted by Crippen LogP contribution is 2.14. The lowest BCUT2D eigenvalue weighted by Crippen LogP contribution is -2.31. The van der Waals surface area contributed by atoms with E-state index in [1.165, 1.54) is 6.20 Å². The molecule has 0 aliphatic rings. The Morgan fingerprint density at radius 1 is 1.65 bits per heavy atom. The van der Waals surface area contributed by atoms with Crippen LogP contribution < -0.4 is 11.1 Å². The molecule has 1 aromatic heterocycles. The lowest BCUT2D eigenvalue weighted by molar-refractivity contribution is 0.1000. The van der Waals surface area contributed by atoms with Crippen molar-refractivity contribution >= 4 is 23.5 Å². The van der Waals surface area contributed by atoms with Gasteiger partial charge in [0.2, 0.25) is 5.91 Å². The van der Waals surface area contributed by atoms with Crippen molar-refractivity contribution in [3.8, 4) is 0 Å². The molecule has 0 bridgehead atoms. The highest BCUT2D eigenvalue weighted by Gasteiger charge is 2.15. The van der Waals surface area contributed by atoms with Gasteiger partial charge in [-0.25, -0.2) is 4.98 Å². The van der Waals surface area contributed by atoms with Gasteiger partial charge in [-0.2, -0.15) is 11.8 Å². The third kappa shape index (κ3) is 3.90. The minimum absolute atomic E-state index is 0.0851. The highest BCUT2D eigenvalue weighted by atomic mass is 32.2. The molecule has 0 aliphatic carbocycles. The maximum Gasteiger partial charge on any atom is 0.250 e. The van der Waals surface area contributed by atoms with Gasteiger partial charge in [0.05, 0.1) is 12.2 Å². The summed E-state index contributed by atoms with van der Waals surface area (Å²) in [5.41, 5.74) is 5.50. The SMILES string of the molecule is CSC(CO)C(C)Nc1ccc(C(N)=O)cn1. The first-order valence-corrected chi connectivity index (χ1v) is 6.53. The number of nitrogens with two attached hydrogens (primary N) is 1. The molecular weight excluding hydrogens is 238 g/mol. The predicted octanol–water partition coefficient (Wildman–Crippen LogP) is 0.705. The smallest absolute Gasteiger partial charge is 0.250 e. The second-order valence-electron chi connectivity index (χ2n) is 3.69. The van der Waals surface area contributed by atoms with Gasteiger partial charge in [-0.15, -0.1) is 0 Å². The molecule has 2 unspecified atom stereocenters. The topological polar surface area (TPSA) is 88.2 Å². The minimum Gasteiger partial charge on any atom is -0.395 e. The normalized spacial score (nSPS) is 14.1. The monoisotopic (exact) mass is 255 g/mol. The number of hydrogen-bond donors (Lipinski definition) is 3. The predicted molar refractivity (Wildman–Crippen MR) is 70.2 cm³/mol. The molecule has 0 spiro atoms. The van der Waals surface area contributed by atoms with Crippen LogP contribution in [0.2, 0.25) is 0 Å². The number of nitrogens with zero attached hydrogens (tertiary/aromatic N) is 1. The lowest BCUT2D eigenvalue weighted by atomic mass is 10.2. The number of carbonyl (C=O) groups is 1. The molecule has 4 N–H and O–H groups in total. The number of aliphatic hydroxyl groups excluding tert-OH is 1. The summed E-state index contributed by atoms with van der Waals surface area (Å²) in [5.74, 6) is 0.171. The van der Waals surface area contributed by atoms with Crippen molar-refractivity contribution in [2.45, 2.75) is 18.2 Å². The Hall–Kier alpha value is -1.27. The first-order valence-electron chi connectivity index (χ1n) is 5.24. The fourth-order valence-electron chi connectivity index (χ4n) is 1.39. The fourth-order valence-corrected chi connectivity index (χ4v) is 2.01. The highest BCUT2D eigenvalue weighted by molar-refractivity contribution is 7.99. The van der Waals surface area contributed by atoms with E-state index in [9.17, 15) is 4.79 Å². The number of thioether (sulfide) groups is 1. The molecular formula is C11H17N3O2S. The zero-order valence-electron chi connectivity index (χ0n) is 9.88. The Bertz CT molecular complexity index is 365. The number of carbonyl (C=O) groups excluding carboxylic acids is 1. The molecule has 1 amide bonds. The van der Waals surface area contributed by atoms with Crippen molar-refractivity contribution in [1.29, 1.82) is 0 Å². The molecule has 17 heavy (non-hydrogen) atoms. The summed E-state index contributed by atoms with van der Waals surface area (Å²) >= 11 is 1.59. The van der Waals surface area contributed by atoms with E-state index in [1.54, 1.807) is 23.9 Å². The van der Waals surface area contributed by atoms with Crippen molar-refractivity contribution in [2.24, 2.45) is 5.73 Å². The van der Waals surface area contributed by atoms with Crippen LogP contribution in [-0.2, 0) is 0 Å². The summed E-state index contributed by atoms with van der Waals surface area (Å²) in [7, 11) is 0. The molecule has 94 valence electrons. The van der Waals surface area contributed by atoms with Gasteiger partial charge >= 0.3 is 0 Å². The maximum absolute atomic E-state index is 10.9. The molecule has 2 atom stereocenters. The van der Waals surface area contributed by atoms with E-state index >= 15 is 0 Å². The molecule has 0 aromatic carbocycles. The van der Waals surface area contributed by atoms with Crippen LogP contribution in [0.4, 0.5) is 5.82 Å². The molecule has 0 saturated carbocycles. The summed E-state index contributed by atoms with van der Waals surface area (Å²) in [6.45, 7) is 2.08. The average molecular weight is 255 g/mol. The molecule has 6 heteroatoms. The van der Waals surface area contributed by atoms with Crippen LogP contribution >= 0.6 is 11.8 Å². The Morgan fingerprint density at radius 2 is 2.35 bits per heavy atom. The zero-order chi connectivity index (χ0) is 12.8. The average Bonchev–Trinajstić information content (AvgIpc) is 2.31. The molecule has 1 aromatic rings. The maximum atomic E-state index is 10.9. The Balaban J connectivity index is 2.65. The Kier molecular flexibility index (Phi) is 5.24. The van der Waals surface area contributed by atoms with E-state index in [1.807, 2.05) is 13.2 Å². The zero-order valence-corrected chi connectivity index (χ0v) is 10.7. The number of rotatable bonds is 6. The summed E-state index contributed by atoms with van der Waals surface area (Å²) in [5, 5.41) is 12.4. The van der Waals surface area contributed by atoms with E-state index < -0.39 is 5.91 Å². The third-order valence-electron chi connectivity index (χ3n) is 2.46. The fraction of sp³-hybridized carbons (Fsp3) is 0.455. The van der Waals surface area contributed by atoms with Crippen LogP contribution in [-0.4, -0.2) is 40.2 Å². The standard InChI is InChI=1S/C11H17N3O2S/c1-7(9(6-15)17-2)14-10-4-3-8(5-13-10)11(12)16/h3-5,7,9,15H,6H2,1-2H3,(H2,12,16)(H,13,14). The summed E-state index contributed by atoms with van der Waals surface area (Å²) in [4.78, 5) is 14.9. The first-order chi connectivity index (χ1) is 8.08. The van der Waals surface area contributed by atoms with Gasteiger partial charge in [0.1, 0.15) is 5.82 Å². The summed E-state index contributed by atoms with van der Waals surface area (Å²) in [6.07, 6.45) is 3.38. The molecule has 1 heterocycles. The Morgan fingerprint density at radius 3 is 2.76 bits per heavy atom. The van der Waals surface area contributed by atoms with Gasteiger partial charge in [-0.1, -0.05) is 0 Å². The number of nitrogens with one attached hydrogen (secondary N) is 1. The second kappa shape index (κ2) is 6.46. The van der Waals surface area contributed by atoms with Crippen molar-refractivity contribution in [2.75, 3.05) is 18.2 Å². The van der Waals surface area contributed by atoms with E-state index in [0.717, 1.165) is 0 Å². The van der Waals surface area contributed by atoms with Crippen LogP contribution in [0.1, 0.15) is 17.3 Å². The van der Waals surface area contributed by atoms with Gasteiger partial charge in [-0.05, 0) is 25.3 Å². The van der Waals surface area contributed by atoms with Gasteiger partial charge in [0.15, 0.2) is 0 Å². The van der Waals surface area contributed by atoms with E-state index in [4.69, 9.17) is 10.8 Å². The van der Waals surface area contributed by atoms with Gasteiger partial charge < -0.3 is 16.2 Å². The molecule has 5 nitrogen and oxygen atoms in total. The lowest BCUT2D eigenvalue weighted by Gasteiger charge is -2.21. The molecule has 0 saturated heterocycles. The van der Waals surface area contributed by atoms with E-state index in [0.29, 0.717) is 11.4 Å². The van der Waals surface area contributed by atoms with Crippen molar-refractivity contribution in [3.63, 3.8) is 0 Å². The van der Waals surface area contributed by atoms with Gasteiger partial charge in [0.25, 0.3) is 0 Å². The quantitative estimate of drug-likeness (QED) is 0.696.